The van der Waals surface area contributed by atoms with Gasteiger partial charge in [-0.1, -0.05) is 6.07 Å². The van der Waals surface area contributed by atoms with Crippen LogP contribution in [0.25, 0.3) is 0 Å². The number of nitrogens with one attached hydrogen (secondary N) is 3. The lowest BCUT2D eigenvalue weighted by Gasteiger charge is -2.11. The Morgan fingerprint density at radius 2 is 1.34 bits per heavy atom. The molecule has 0 fully saturated rings. The van der Waals surface area contributed by atoms with Crippen molar-refractivity contribution in [3.8, 4) is 0 Å². The van der Waals surface area contributed by atoms with Crippen LogP contribution in [0.2, 0.25) is 0 Å². The van der Waals surface area contributed by atoms with Crippen molar-refractivity contribution in [2.75, 3.05) is 23.0 Å². The number of hydrogen-bond donors (Lipinski definition) is 6. The highest BCUT2D eigenvalue weighted by Crippen LogP contribution is 2.22. The van der Waals surface area contributed by atoms with E-state index >= 15 is 0 Å². The van der Waals surface area contributed by atoms with E-state index in [9.17, 15) is 32.8 Å². The van der Waals surface area contributed by atoms with Crippen molar-refractivity contribution < 1.29 is 32.8 Å². The van der Waals surface area contributed by atoms with Gasteiger partial charge in [0.25, 0.3) is 10.1 Å². The summed E-state index contributed by atoms with van der Waals surface area (Å²) in [5.41, 5.74) is -0.151. The Balaban J connectivity index is 1.96. The lowest BCUT2D eigenvalue weighted by molar-refractivity contribution is 0.0696. The largest absolute Gasteiger partial charge is 0.478 e. The third kappa shape index (κ3) is 5.44. The third-order valence-electron chi connectivity index (χ3n) is 3.93. The molecule has 3 rings (SSSR count). The Morgan fingerprint density at radius 3 is 1.84 bits per heavy atom. The molecule has 0 aliphatic rings. The second-order valence-electron chi connectivity index (χ2n) is 6.22. The number of carboxylic acids is 2. The molecule has 0 amide bonds. The number of carbonyl (C=O) groups is 2. The number of aromatic nitrogens is 3. The van der Waals surface area contributed by atoms with Gasteiger partial charge in [-0.2, -0.15) is 23.4 Å². The lowest BCUT2D eigenvalue weighted by atomic mass is 10.1. The third-order valence-corrected chi connectivity index (χ3v) is 4.78. The van der Waals surface area contributed by atoms with E-state index in [2.05, 4.69) is 30.9 Å². The number of aromatic carboxylic acids is 2. The molecule has 0 atom stereocenters. The molecule has 0 aliphatic carbocycles. The van der Waals surface area contributed by atoms with Gasteiger partial charge in [-0.15, -0.1) is 0 Å². The first-order chi connectivity index (χ1) is 15.0. The highest BCUT2D eigenvalue weighted by molar-refractivity contribution is 7.85. The Bertz CT molecular complexity index is 1280. The fourth-order valence-corrected chi connectivity index (χ4v) is 3.07. The first-order valence-electron chi connectivity index (χ1n) is 8.72. The van der Waals surface area contributed by atoms with Gasteiger partial charge in [-0.25, -0.2) is 9.59 Å². The van der Waals surface area contributed by atoms with E-state index in [1.807, 2.05) is 0 Å². The molecule has 0 spiro atoms. The highest BCUT2D eigenvalue weighted by Gasteiger charge is 2.14. The molecule has 0 radical (unpaired) electrons. The molecule has 0 unspecified atom stereocenters. The number of carboxylic acid groups (broad SMARTS) is 2. The zero-order chi connectivity index (χ0) is 23.5. The fraction of sp³-hybridized carbons (Fsp3) is 0.0556. The minimum absolute atomic E-state index is 0.0211. The van der Waals surface area contributed by atoms with Crippen molar-refractivity contribution >= 4 is 51.3 Å². The average molecular weight is 460 g/mol. The first kappa shape index (κ1) is 22.4. The van der Waals surface area contributed by atoms with Crippen LogP contribution < -0.4 is 16.0 Å². The number of nitrogens with zero attached hydrogens (tertiary/aromatic N) is 3. The molecule has 0 bridgehead atoms. The van der Waals surface area contributed by atoms with Gasteiger partial charge in [-0.05, 0) is 36.4 Å². The van der Waals surface area contributed by atoms with E-state index in [1.54, 1.807) is 0 Å². The first-order valence-corrected chi connectivity index (χ1v) is 10.2. The molecule has 13 nitrogen and oxygen atoms in total. The summed E-state index contributed by atoms with van der Waals surface area (Å²) < 4.78 is 31.9. The van der Waals surface area contributed by atoms with Crippen LogP contribution in [0.3, 0.4) is 0 Å². The van der Waals surface area contributed by atoms with Crippen molar-refractivity contribution in [2.24, 2.45) is 0 Å². The van der Waals surface area contributed by atoms with Crippen molar-refractivity contribution in [2.45, 2.75) is 4.90 Å². The summed E-state index contributed by atoms with van der Waals surface area (Å²) in [5, 5.41) is 26.6. The molecular formula is C18H16N6O7S. The summed E-state index contributed by atoms with van der Waals surface area (Å²) in [7, 11) is -2.88. The Kier molecular flexibility index (Phi) is 6.17. The van der Waals surface area contributed by atoms with Crippen molar-refractivity contribution in [1.29, 1.82) is 0 Å². The van der Waals surface area contributed by atoms with Gasteiger partial charge >= 0.3 is 11.9 Å². The van der Waals surface area contributed by atoms with E-state index < -0.39 is 22.1 Å². The Labute approximate surface area is 180 Å². The van der Waals surface area contributed by atoms with Gasteiger partial charge in [0, 0.05) is 18.4 Å². The predicted molar refractivity (Wildman–Crippen MR) is 113 cm³/mol. The molecule has 0 aliphatic heterocycles. The van der Waals surface area contributed by atoms with Crippen molar-refractivity contribution in [3.05, 3.63) is 53.6 Å². The lowest BCUT2D eigenvalue weighted by Crippen LogP contribution is -2.09. The monoisotopic (exact) mass is 460 g/mol. The summed E-state index contributed by atoms with van der Waals surface area (Å²) in [6.45, 7) is 0. The predicted octanol–water partition coefficient (Wildman–Crippen LogP) is 2.04. The van der Waals surface area contributed by atoms with E-state index in [1.165, 1.54) is 43.4 Å². The fourth-order valence-electron chi connectivity index (χ4n) is 2.54. The summed E-state index contributed by atoms with van der Waals surface area (Å²) in [4.78, 5) is 34.5. The second-order valence-corrected chi connectivity index (χ2v) is 7.64. The van der Waals surface area contributed by atoms with Crippen LogP contribution in [0, 0.1) is 0 Å². The van der Waals surface area contributed by atoms with Gasteiger partial charge in [0.15, 0.2) is 0 Å². The van der Waals surface area contributed by atoms with Crippen LogP contribution >= 0.6 is 0 Å². The van der Waals surface area contributed by atoms with Crippen molar-refractivity contribution in [1.82, 2.24) is 15.0 Å². The molecule has 14 heteroatoms. The number of anilines is 5. The molecule has 166 valence electrons. The molecule has 32 heavy (non-hydrogen) atoms. The average Bonchev–Trinajstić information content (AvgIpc) is 2.72. The Morgan fingerprint density at radius 1 is 0.812 bits per heavy atom. The minimum Gasteiger partial charge on any atom is -0.478 e. The molecule has 6 N–H and O–H groups in total. The summed E-state index contributed by atoms with van der Waals surface area (Å²) >= 11 is 0. The molecule has 0 saturated heterocycles. The highest BCUT2D eigenvalue weighted by atomic mass is 32.2. The Hall–Kier alpha value is -4.30. The smallest absolute Gasteiger partial charge is 0.335 e. The van der Waals surface area contributed by atoms with E-state index in [4.69, 9.17) is 0 Å². The summed E-state index contributed by atoms with van der Waals surface area (Å²) in [5.74, 6) is -2.61. The second kappa shape index (κ2) is 8.83. The van der Waals surface area contributed by atoms with Gasteiger partial charge in [0.2, 0.25) is 17.8 Å². The van der Waals surface area contributed by atoms with Crippen LogP contribution in [0.15, 0.2) is 47.4 Å². The molecule has 2 aromatic carbocycles. The molecule has 0 saturated carbocycles. The van der Waals surface area contributed by atoms with E-state index in [-0.39, 0.29) is 45.2 Å². The quantitative estimate of drug-likeness (QED) is 0.267. The topological polar surface area (TPSA) is 204 Å². The van der Waals surface area contributed by atoms with Crippen molar-refractivity contribution in [3.63, 3.8) is 0 Å². The van der Waals surface area contributed by atoms with Crippen LogP contribution in [-0.2, 0) is 10.1 Å². The van der Waals surface area contributed by atoms with Crippen LogP contribution in [0.1, 0.15) is 20.7 Å². The molecular weight excluding hydrogens is 444 g/mol. The number of benzene rings is 2. The summed E-state index contributed by atoms with van der Waals surface area (Å²) in [6, 6.07) is 8.71. The zero-order valence-corrected chi connectivity index (χ0v) is 17.1. The van der Waals surface area contributed by atoms with E-state index in [0.29, 0.717) is 0 Å². The SMILES string of the molecule is CNc1nc(Nc2cc(C(=O)O)cc(C(=O)O)c2)nc(Nc2cccc(S(=O)(=O)O)c2)n1. The maximum atomic E-state index is 11.3. The summed E-state index contributed by atoms with van der Waals surface area (Å²) in [6.07, 6.45) is 0. The van der Waals surface area contributed by atoms with Gasteiger partial charge in [0.1, 0.15) is 0 Å². The number of rotatable bonds is 8. The molecule has 3 aromatic rings. The maximum Gasteiger partial charge on any atom is 0.335 e. The van der Waals surface area contributed by atoms with Gasteiger partial charge < -0.3 is 26.2 Å². The number of hydrogen-bond acceptors (Lipinski definition) is 10. The van der Waals surface area contributed by atoms with E-state index in [0.717, 1.165) is 6.07 Å². The van der Waals surface area contributed by atoms with Crippen LogP contribution in [0.4, 0.5) is 29.2 Å². The standard InChI is InChI=1S/C18H16N6O7S/c1-19-16-22-17(20-11-3-2-4-13(8-11)32(29,30)31)24-18(23-16)21-12-6-9(14(25)26)5-10(7-12)15(27)28/h2-8H,1H3,(H,25,26)(H,27,28)(H,29,30,31)(H3,19,20,21,22,23,24). The maximum absolute atomic E-state index is 11.3. The zero-order valence-electron chi connectivity index (χ0n) is 16.3. The normalized spacial score (nSPS) is 10.9. The van der Waals surface area contributed by atoms with Gasteiger partial charge in [-0.3, -0.25) is 4.55 Å². The molecule has 1 aromatic heterocycles. The van der Waals surface area contributed by atoms with Gasteiger partial charge in [0.05, 0.1) is 16.0 Å². The van der Waals surface area contributed by atoms with Crippen LogP contribution in [-0.4, -0.2) is 57.1 Å². The van der Waals surface area contributed by atoms with Crippen LogP contribution in [0.5, 0.6) is 0 Å². The minimum atomic E-state index is -4.42. The molecule has 1 heterocycles.